The van der Waals surface area contributed by atoms with E-state index in [1.807, 2.05) is 5.32 Å². The van der Waals surface area contributed by atoms with Crippen LogP contribution in [-0.4, -0.2) is 46.1 Å². The van der Waals surface area contributed by atoms with Crippen molar-refractivity contribution in [2.45, 2.75) is 19.6 Å². The van der Waals surface area contributed by atoms with Gasteiger partial charge in [-0.25, -0.2) is 22.8 Å². The Bertz CT molecular complexity index is 1360. The lowest BCUT2D eigenvalue weighted by molar-refractivity contribution is -0.153. The van der Waals surface area contributed by atoms with Crippen LogP contribution in [0.4, 0.5) is 32.0 Å². The second-order valence-corrected chi connectivity index (χ2v) is 7.01. The maximum Gasteiger partial charge on any atom is 0.422 e. The number of alkyl halides is 3. The highest BCUT2D eigenvalue weighted by molar-refractivity contribution is 6.06. The quantitative estimate of drug-likeness (QED) is 0.380. The van der Waals surface area contributed by atoms with Crippen LogP contribution in [-0.2, 0) is 11.3 Å². The molecule has 0 saturated carbocycles. The summed E-state index contributed by atoms with van der Waals surface area (Å²) in [6, 6.07) is 3.56. The van der Waals surface area contributed by atoms with Crippen molar-refractivity contribution in [1.29, 1.82) is 0 Å². The molecule has 0 aliphatic rings. The molecule has 15 heteroatoms. The summed E-state index contributed by atoms with van der Waals surface area (Å²) in [6.45, 7) is -0.571. The number of carbonyl (C=O) groups excluding carboxylic acids is 2. The third kappa shape index (κ3) is 5.34. The van der Waals surface area contributed by atoms with Gasteiger partial charge >= 0.3 is 17.8 Å². The lowest BCUT2D eigenvalue weighted by Crippen LogP contribution is -2.26. The average molecular weight is 518 g/mol. The molecule has 36 heavy (non-hydrogen) atoms. The van der Waals surface area contributed by atoms with Crippen LogP contribution in [0.5, 0.6) is 5.75 Å². The number of rotatable bonds is 7. The first-order valence-electron chi connectivity index (χ1n) is 9.95. The molecular formula is C21H16F6N4O5. The predicted molar refractivity (Wildman–Crippen MR) is 111 cm³/mol. The van der Waals surface area contributed by atoms with Gasteiger partial charge in [0.2, 0.25) is 5.82 Å². The number of carbonyl (C=O) groups is 2. The number of para-hydroxylation sites is 1. The molecule has 1 heterocycles. The summed E-state index contributed by atoms with van der Waals surface area (Å²) in [5.74, 6) is -7.65. The summed E-state index contributed by atoms with van der Waals surface area (Å²) in [5, 5.41) is 5.48. The maximum absolute atomic E-state index is 15.0. The minimum Gasteiger partial charge on any atom is -0.483 e. The van der Waals surface area contributed by atoms with Gasteiger partial charge in [-0.3, -0.25) is 9.36 Å². The fourth-order valence-corrected chi connectivity index (χ4v) is 3.04. The number of benzene rings is 2. The van der Waals surface area contributed by atoms with Crippen LogP contribution < -0.4 is 15.7 Å². The molecule has 1 amide bonds. The van der Waals surface area contributed by atoms with Gasteiger partial charge in [0.25, 0.3) is 5.91 Å². The third-order valence-corrected chi connectivity index (χ3v) is 4.66. The van der Waals surface area contributed by atoms with E-state index in [2.05, 4.69) is 14.6 Å². The lowest BCUT2D eigenvalue weighted by Gasteiger charge is -2.15. The zero-order valence-corrected chi connectivity index (χ0v) is 18.5. The van der Waals surface area contributed by atoms with E-state index in [0.717, 1.165) is 29.9 Å². The van der Waals surface area contributed by atoms with Gasteiger partial charge in [-0.15, -0.1) is 5.10 Å². The molecule has 2 aromatic carbocycles. The fourth-order valence-electron chi connectivity index (χ4n) is 3.04. The van der Waals surface area contributed by atoms with Crippen LogP contribution >= 0.6 is 0 Å². The van der Waals surface area contributed by atoms with Gasteiger partial charge in [-0.1, -0.05) is 6.07 Å². The number of aromatic nitrogens is 3. The second kappa shape index (κ2) is 10.1. The van der Waals surface area contributed by atoms with Gasteiger partial charge in [0.05, 0.1) is 12.7 Å². The van der Waals surface area contributed by atoms with Crippen LogP contribution in [0, 0.1) is 17.5 Å². The number of amides is 1. The molecule has 0 bridgehead atoms. The van der Waals surface area contributed by atoms with Gasteiger partial charge in [-0.05, 0) is 25.1 Å². The van der Waals surface area contributed by atoms with Gasteiger partial charge in [0.15, 0.2) is 6.61 Å². The summed E-state index contributed by atoms with van der Waals surface area (Å²) in [4.78, 5) is 37.2. The van der Waals surface area contributed by atoms with E-state index >= 15 is 4.39 Å². The molecule has 3 aromatic rings. The van der Waals surface area contributed by atoms with E-state index in [1.165, 1.54) is 6.92 Å². The Morgan fingerprint density at radius 3 is 2.28 bits per heavy atom. The molecule has 0 aliphatic heterocycles. The molecule has 0 aliphatic carbocycles. The van der Waals surface area contributed by atoms with Gasteiger partial charge in [0, 0.05) is 12.6 Å². The zero-order chi connectivity index (χ0) is 26.8. The number of halogens is 6. The Labute approximate surface area is 197 Å². The second-order valence-electron chi connectivity index (χ2n) is 7.01. The summed E-state index contributed by atoms with van der Waals surface area (Å²) in [7, 11) is 1.00. The van der Waals surface area contributed by atoms with Crippen molar-refractivity contribution in [2.75, 3.05) is 19.0 Å². The zero-order valence-electron chi connectivity index (χ0n) is 18.5. The van der Waals surface area contributed by atoms with Gasteiger partial charge in [-0.2, -0.15) is 17.9 Å². The molecule has 9 nitrogen and oxygen atoms in total. The Hall–Kier alpha value is -4.30. The average Bonchev–Trinajstić information content (AvgIpc) is 3.15. The summed E-state index contributed by atoms with van der Waals surface area (Å²) in [5.41, 5.74) is -3.64. The number of esters is 1. The van der Waals surface area contributed by atoms with Crippen molar-refractivity contribution in [3.8, 4) is 11.4 Å². The third-order valence-electron chi connectivity index (χ3n) is 4.66. The summed E-state index contributed by atoms with van der Waals surface area (Å²) in [6.07, 6.45) is -4.89. The summed E-state index contributed by atoms with van der Waals surface area (Å²) < 4.78 is 91.6. The number of hydrogen-bond donors (Lipinski definition) is 1. The van der Waals surface area contributed by atoms with Crippen molar-refractivity contribution < 1.29 is 45.4 Å². The molecule has 0 saturated heterocycles. The highest BCUT2D eigenvalue weighted by atomic mass is 19.4. The normalized spacial score (nSPS) is 11.3. The Morgan fingerprint density at radius 1 is 1.08 bits per heavy atom. The SMILES string of the molecule is CCn1c(C(=O)OC)nn(-c2cc(OCC(F)(F)F)c(C(=O)Nc3c(F)cccc3F)cc2F)c1=O. The Kier molecular flexibility index (Phi) is 7.40. The Morgan fingerprint density at radius 2 is 1.72 bits per heavy atom. The largest absolute Gasteiger partial charge is 0.483 e. The van der Waals surface area contributed by atoms with E-state index in [-0.39, 0.29) is 6.54 Å². The number of ether oxygens (including phenoxy) is 2. The molecule has 1 aromatic heterocycles. The maximum atomic E-state index is 15.0. The van der Waals surface area contributed by atoms with Crippen LogP contribution in [0.3, 0.4) is 0 Å². The highest BCUT2D eigenvalue weighted by Gasteiger charge is 2.31. The first-order chi connectivity index (χ1) is 16.9. The molecule has 0 fully saturated rings. The standard InChI is InChI=1S/C21H16F6N4O5/c1-3-30-17(19(33)35-2)29-31(20(30)34)14-8-15(36-9-21(25,26)27)10(7-13(14)24)18(32)28-16-11(22)5-4-6-12(16)23/h4-8H,3,9H2,1-2H3,(H,28,32). The van der Waals surface area contributed by atoms with E-state index < -0.39 is 76.3 Å². The van der Waals surface area contributed by atoms with Crippen molar-refractivity contribution in [1.82, 2.24) is 14.3 Å². The minimum absolute atomic E-state index is 0.100. The molecule has 0 unspecified atom stereocenters. The molecule has 3 rings (SSSR count). The first-order valence-corrected chi connectivity index (χ1v) is 9.95. The van der Waals surface area contributed by atoms with E-state index in [1.54, 1.807) is 0 Å². The number of hydrogen-bond acceptors (Lipinski definition) is 6. The van der Waals surface area contributed by atoms with E-state index in [9.17, 15) is 36.3 Å². The first kappa shape index (κ1) is 26.3. The molecule has 1 N–H and O–H groups in total. The van der Waals surface area contributed by atoms with Crippen molar-refractivity contribution in [2.24, 2.45) is 0 Å². The number of nitrogens with zero attached hydrogens (tertiary/aromatic N) is 3. The topological polar surface area (TPSA) is 104 Å². The van der Waals surface area contributed by atoms with Crippen LogP contribution in [0.2, 0.25) is 0 Å². The van der Waals surface area contributed by atoms with Gasteiger partial charge < -0.3 is 14.8 Å². The minimum atomic E-state index is -4.89. The van der Waals surface area contributed by atoms with Crippen molar-refractivity contribution in [3.63, 3.8) is 0 Å². The van der Waals surface area contributed by atoms with Crippen molar-refractivity contribution >= 4 is 17.6 Å². The molecule has 192 valence electrons. The van der Waals surface area contributed by atoms with Gasteiger partial charge in [0.1, 0.15) is 34.6 Å². The number of nitrogens with one attached hydrogen (secondary N) is 1. The highest BCUT2D eigenvalue weighted by Crippen LogP contribution is 2.29. The Balaban J connectivity index is 2.15. The molecular weight excluding hydrogens is 502 g/mol. The summed E-state index contributed by atoms with van der Waals surface area (Å²) >= 11 is 0. The van der Waals surface area contributed by atoms with Crippen LogP contribution in [0.1, 0.15) is 27.9 Å². The molecule has 0 spiro atoms. The smallest absolute Gasteiger partial charge is 0.422 e. The molecule has 0 radical (unpaired) electrons. The number of methoxy groups -OCH3 is 1. The van der Waals surface area contributed by atoms with Crippen LogP contribution in [0.15, 0.2) is 35.1 Å². The predicted octanol–water partition coefficient (Wildman–Crippen LogP) is 3.45. The lowest BCUT2D eigenvalue weighted by atomic mass is 10.1. The van der Waals surface area contributed by atoms with Crippen molar-refractivity contribution in [3.05, 3.63) is 69.7 Å². The van der Waals surface area contributed by atoms with E-state index in [0.29, 0.717) is 16.8 Å². The fraction of sp³-hybridized carbons (Fsp3) is 0.238. The van der Waals surface area contributed by atoms with E-state index in [4.69, 9.17) is 0 Å². The monoisotopic (exact) mass is 518 g/mol. The number of anilines is 1. The van der Waals surface area contributed by atoms with Crippen LogP contribution in [0.25, 0.3) is 5.69 Å². The molecule has 0 atom stereocenters.